The molecule has 0 aliphatic heterocycles. The molecule has 0 aliphatic carbocycles. The van der Waals surface area contributed by atoms with E-state index in [1.807, 2.05) is 18.7 Å². The monoisotopic (exact) mass is 235 g/mol. The number of amides is 1. The van der Waals surface area contributed by atoms with Gasteiger partial charge in [0.1, 0.15) is 5.75 Å². The molecule has 3 nitrogen and oxygen atoms in total. The van der Waals surface area contributed by atoms with Crippen LogP contribution in [0.2, 0.25) is 0 Å². The summed E-state index contributed by atoms with van der Waals surface area (Å²) < 4.78 is 0. The second-order valence-corrected chi connectivity index (χ2v) is 4.24. The molecule has 3 heteroatoms. The average Bonchev–Trinajstić information content (AvgIpc) is 2.29. The quantitative estimate of drug-likeness (QED) is 0.852. The summed E-state index contributed by atoms with van der Waals surface area (Å²) in [6.07, 6.45) is 2.11. The smallest absolute Gasteiger partial charge is 0.254 e. The maximum Gasteiger partial charge on any atom is 0.254 e. The Morgan fingerprint density at radius 1 is 1.35 bits per heavy atom. The molecule has 0 spiro atoms. The minimum absolute atomic E-state index is 0.0541. The van der Waals surface area contributed by atoms with Crippen LogP contribution in [0.15, 0.2) is 18.2 Å². The normalized spacial score (nSPS) is 10.3. The minimum atomic E-state index is 0.0541. The van der Waals surface area contributed by atoms with Crippen LogP contribution >= 0.6 is 0 Å². The van der Waals surface area contributed by atoms with Gasteiger partial charge in [-0.15, -0.1) is 0 Å². The molecule has 0 aromatic heterocycles. The molecule has 0 radical (unpaired) electrons. The first-order valence-corrected chi connectivity index (χ1v) is 6.19. The number of rotatable bonds is 5. The van der Waals surface area contributed by atoms with E-state index < -0.39 is 0 Å². The Bertz CT molecular complexity index is 388. The second kappa shape index (κ2) is 6.28. The van der Waals surface area contributed by atoms with Gasteiger partial charge in [0.05, 0.1) is 0 Å². The Labute approximate surface area is 103 Å². The number of phenols is 1. The highest BCUT2D eigenvalue weighted by Gasteiger charge is 2.15. The first-order chi connectivity index (χ1) is 8.10. The standard InChI is InChI=1S/C14H21NO2/c1-4-6-9-15(5-2)14(17)13-8-7-12(16)10-11(13)3/h7-8,10,16H,4-6,9H2,1-3H3. The molecule has 0 aliphatic rings. The van der Waals surface area contributed by atoms with E-state index in [0.717, 1.165) is 31.5 Å². The van der Waals surface area contributed by atoms with Crippen LogP contribution in [0.3, 0.4) is 0 Å². The summed E-state index contributed by atoms with van der Waals surface area (Å²) in [6, 6.07) is 4.89. The molecular weight excluding hydrogens is 214 g/mol. The predicted molar refractivity (Wildman–Crippen MR) is 69.3 cm³/mol. The molecule has 1 aromatic carbocycles. The summed E-state index contributed by atoms with van der Waals surface area (Å²) in [7, 11) is 0. The van der Waals surface area contributed by atoms with Crippen molar-refractivity contribution in [3.05, 3.63) is 29.3 Å². The summed E-state index contributed by atoms with van der Waals surface area (Å²) >= 11 is 0. The first kappa shape index (κ1) is 13.6. The van der Waals surface area contributed by atoms with E-state index in [1.165, 1.54) is 0 Å². The summed E-state index contributed by atoms with van der Waals surface area (Å²) in [5, 5.41) is 9.33. The predicted octanol–water partition coefficient (Wildman–Crippen LogP) is 2.96. The number of benzene rings is 1. The van der Waals surface area contributed by atoms with Crippen LogP contribution in [0.5, 0.6) is 5.75 Å². The molecule has 1 rings (SSSR count). The number of phenolic OH excluding ortho intramolecular Hbond substituents is 1. The lowest BCUT2D eigenvalue weighted by Crippen LogP contribution is -2.32. The average molecular weight is 235 g/mol. The molecule has 1 N–H and O–H groups in total. The molecule has 0 unspecified atom stereocenters. The van der Waals surface area contributed by atoms with Crippen molar-refractivity contribution < 1.29 is 9.90 Å². The number of hydrogen-bond donors (Lipinski definition) is 1. The lowest BCUT2D eigenvalue weighted by atomic mass is 10.1. The molecule has 0 saturated carbocycles. The Kier molecular flexibility index (Phi) is 5.01. The van der Waals surface area contributed by atoms with Crippen molar-refractivity contribution in [2.75, 3.05) is 13.1 Å². The highest BCUT2D eigenvalue weighted by atomic mass is 16.3. The van der Waals surface area contributed by atoms with E-state index in [0.29, 0.717) is 5.56 Å². The molecule has 1 amide bonds. The van der Waals surface area contributed by atoms with Gasteiger partial charge < -0.3 is 10.0 Å². The van der Waals surface area contributed by atoms with E-state index in [1.54, 1.807) is 18.2 Å². The van der Waals surface area contributed by atoms with Crippen molar-refractivity contribution in [3.8, 4) is 5.75 Å². The Morgan fingerprint density at radius 2 is 2.06 bits per heavy atom. The number of hydrogen-bond acceptors (Lipinski definition) is 2. The number of aromatic hydroxyl groups is 1. The maximum absolute atomic E-state index is 12.3. The van der Waals surface area contributed by atoms with Gasteiger partial charge in [-0.2, -0.15) is 0 Å². The SMILES string of the molecule is CCCCN(CC)C(=O)c1ccc(O)cc1C. The lowest BCUT2D eigenvalue weighted by Gasteiger charge is -2.21. The van der Waals surface area contributed by atoms with Gasteiger partial charge in [-0.3, -0.25) is 4.79 Å². The Morgan fingerprint density at radius 3 is 2.59 bits per heavy atom. The molecule has 0 bridgehead atoms. The number of carbonyl (C=O) groups is 1. The van der Waals surface area contributed by atoms with Crippen molar-refractivity contribution in [2.45, 2.75) is 33.6 Å². The minimum Gasteiger partial charge on any atom is -0.508 e. The molecule has 0 saturated heterocycles. The fraction of sp³-hybridized carbons (Fsp3) is 0.500. The number of aryl methyl sites for hydroxylation is 1. The van der Waals surface area contributed by atoms with Crippen LogP contribution in [0.25, 0.3) is 0 Å². The van der Waals surface area contributed by atoms with Gasteiger partial charge in [0.15, 0.2) is 0 Å². The van der Waals surface area contributed by atoms with E-state index >= 15 is 0 Å². The van der Waals surface area contributed by atoms with Crippen LogP contribution in [0.4, 0.5) is 0 Å². The number of nitrogens with zero attached hydrogens (tertiary/aromatic N) is 1. The van der Waals surface area contributed by atoms with Crippen molar-refractivity contribution in [1.29, 1.82) is 0 Å². The van der Waals surface area contributed by atoms with Crippen molar-refractivity contribution in [3.63, 3.8) is 0 Å². The molecule has 0 fully saturated rings. The Hall–Kier alpha value is -1.51. The van der Waals surface area contributed by atoms with E-state index in [9.17, 15) is 9.90 Å². The van der Waals surface area contributed by atoms with Crippen molar-refractivity contribution in [1.82, 2.24) is 4.90 Å². The van der Waals surface area contributed by atoms with Crippen LogP contribution in [-0.2, 0) is 0 Å². The highest BCUT2D eigenvalue weighted by molar-refractivity contribution is 5.95. The van der Waals surface area contributed by atoms with Gasteiger partial charge in [0.2, 0.25) is 0 Å². The summed E-state index contributed by atoms with van der Waals surface area (Å²) in [5.74, 6) is 0.258. The van der Waals surface area contributed by atoms with Gasteiger partial charge in [0, 0.05) is 18.7 Å². The summed E-state index contributed by atoms with van der Waals surface area (Å²) in [5.41, 5.74) is 1.51. The zero-order valence-corrected chi connectivity index (χ0v) is 10.9. The molecule has 17 heavy (non-hydrogen) atoms. The van der Waals surface area contributed by atoms with E-state index in [2.05, 4.69) is 6.92 Å². The van der Waals surface area contributed by atoms with Crippen LogP contribution in [-0.4, -0.2) is 29.0 Å². The molecule has 1 aromatic rings. The third kappa shape index (κ3) is 3.48. The van der Waals surface area contributed by atoms with Crippen LogP contribution in [0, 0.1) is 6.92 Å². The molecule has 0 atom stereocenters. The molecule has 0 heterocycles. The van der Waals surface area contributed by atoms with Gasteiger partial charge in [-0.25, -0.2) is 0 Å². The lowest BCUT2D eigenvalue weighted by molar-refractivity contribution is 0.0761. The fourth-order valence-electron chi connectivity index (χ4n) is 1.81. The largest absolute Gasteiger partial charge is 0.508 e. The topological polar surface area (TPSA) is 40.5 Å². The number of carbonyl (C=O) groups excluding carboxylic acids is 1. The molecule has 94 valence electrons. The van der Waals surface area contributed by atoms with Crippen molar-refractivity contribution in [2.24, 2.45) is 0 Å². The number of unbranched alkanes of at least 4 members (excludes halogenated alkanes) is 1. The zero-order valence-electron chi connectivity index (χ0n) is 10.9. The summed E-state index contributed by atoms with van der Waals surface area (Å²) in [6.45, 7) is 7.47. The van der Waals surface area contributed by atoms with Gasteiger partial charge >= 0.3 is 0 Å². The first-order valence-electron chi connectivity index (χ1n) is 6.19. The van der Waals surface area contributed by atoms with Crippen LogP contribution < -0.4 is 0 Å². The third-order valence-electron chi connectivity index (χ3n) is 2.89. The second-order valence-electron chi connectivity index (χ2n) is 4.24. The van der Waals surface area contributed by atoms with Crippen molar-refractivity contribution >= 4 is 5.91 Å². The van der Waals surface area contributed by atoms with E-state index in [-0.39, 0.29) is 11.7 Å². The fourth-order valence-corrected chi connectivity index (χ4v) is 1.81. The highest BCUT2D eigenvalue weighted by Crippen LogP contribution is 2.17. The molecular formula is C14H21NO2. The van der Waals surface area contributed by atoms with Gasteiger partial charge in [-0.1, -0.05) is 13.3 Å². The van der Waals surface area contributed by atoms with Crippen LogP contribution in [0.1, 0.15) is 42.6 Å². The maximum atomic E-state index is 12.3. The Balaban J connectivity index is 2.86. The zero-order chi connectivity index (χ0) is 12.8. The van der Waals surface area contributed by atoms with Gasteiger partial charge in [0.25, 0.3) is 5.91 Å². The van der Waals surface area contributed by atoms with Gasteiger partial charge in [-0.05, 0) is 44.0 Å². The van der Waals surface area contributed by atoms with E-state index in [4.69, 9.17) is 0 Å². The third-order valence-corrected chi connectivity index (χ3v) is 2.89. The summed E-state index contributed by atoms with van der Waals surface area (Å²) in [4.78, 5) is 14.1.